The van der Waals surface area contributed by atoms with Crippen LogP contribution in [0, 0.1) is 26.2 Å². The van der Waals surface area contributed by atoms with Crippen molar-refractivity contribution in [2.24, 2.45) is 0 Å². The summed E-state index contributed by atoms with van der Waals surface area (Å²) in [5.74, 6) is 1.12. The minimum absolute atomic E-state index is 0.0679. The van der Waals surface area contributed by atoms with Gasteiger partial charge in [0, 0.05) is 11.7 Å². The highest BCUT2D eigenvalue weighted by Crippen LogP contribution is 2.21. The monoisotopic (exact) mass is 384 g/mol. The molecule has 144 valence electrons. The normalized spacial score (nSPS) is 12.8. The summed E-state index contributed by atoms with van der Waals surface area (Å²) < 4.78 is 30.5. The minimum Gasteiger partial charge on any atom is -0.368 e. The zero-order chi connectivity index (χ0) is 19.9. The van der Waals surface area contributed by atoms with Crippen LogP contribution in [-0.2, 0) is 24.4 Å². The molecule has 0 bridgehead atoms. The van der Waals surface area contributed by atoms with Crippen LogP contribution in [0.25, 0.3) is 0 Å². The number of hydrogen-bond acceptors (Lipinski definition) is 6. The van der Waals surface area contributed by atoms with Crippen molar-refractivity contribution in [3.63, 3.8) is 0 Å². The molecule has 0 radical (unpaired) electrons. The number of aryl methyl sites for hydroxylation is 2. The van der Waals surface area contributed by atoms with Crippen molar-refractivity contribution in [2.75, 3.05) is 18.7 Å². The first-order valence-electron chi connectivity index (χ1n) is 7.85. The van der Waals surface area contributed by atoms with E-state index < -0.39 is 34.2 Å². The fourth-order valence-electron chi connectivity index (χ4n) is 2.14. The fraction of sp³-hybridized carbons (Fsp3) is 0.471. The highest BCUT2D eigenvalue weighted by Gasteiger charge is 2.38. The maximum absolute atomic E-state index is 12.5. The fourth-order valence-corrected chi connectivity index (χ4v) is 3.44. The number of para-hydroxylation sites is 1. The zero-order valence-corrected chi connectivity index (χ0v) is 16.0. The first kappa shape index (κ1) is 22.1. The third-order valence-corrected chi connectivity index (χ3v) is 5.16. The Hall–Kier alpha value is -1.96. The van der Waals surface area contributed by atoms with Crippen molar-refractivity contribution < 1.29 is 27.9 Å². The molecular weight excluding hydrogens is 360 g/mol. The van der Waals surface area contributed by atoms with Crippen molar-refractivity contribution in [1.82, 2.24) is 4.47 Å². The summed E-state index contributed by atoms with van der Waals surface area (Å²) in [5, 5.41) is 12.6. The van der Waals surface area contributed by atoms with E-state index in [2.05, 4.69) is 11.2 Å². The lowest BCUT2D eigenvalue weighted by Crippen LogP contribution is -2.47. The first-order valence-corrected chi connectivity index (χ1v) is 9.35. The predicted molar refractivity (Wildman–Crippen MR) is 97.2 cm³/mol. The summed E-state index contributed by atoms with van der Waals surface area (Å²) in [5.41, 5.74) is -0.428. The van der Waals surface area contributed by atoms with E-state index in [-0.39, 0.29) is 6.61 Å². The lowest BCUT2D eigenvalue weighted by Gasteiger charge is -2.26. The zero-order valence-electron chi connectivity index (χ0n) is 15.2. The third-order valence-electron chi connectivity index (χ3n) is 3.36. The quantitative estimate of drug-likeness (QED) is 0.286. The average molecular weight is 384 g/mol. The highest BCUT2D eigenvalue weighted by atomic mass is 32.2. The molecule has 0 saturated carbocycles. The Morgan fingerprint density at radius 1 is 1.35 bits per heavy atom. The number of anilines is 1. The Morgan fingerprint density at radius 3 is 2.42 bits per heavy atom. The Kier molecular flexibility index (Phi) is 8.20. The molecule has 1 unspecified atom stereocenters. The van der Waals surface area contributed by atoms with Gasteiger partial charge in [-0.1, -0.05) is 28.6 Å². The lowest BCUT2D eigenvalue weighted by atomic mass is 10.1. The molecule has 1 aromatic rings. The average Bonchev–Trinajstić information content (AvgIpc) is 2.56. The molecule has 26 heavy (non-hydrogen) atoms. The van der Waals surface area contributed by atoms with Crippen LogP contribution in [0.2, 0.25) is 0 Å². The number of amides is 1. The summed E-state index contributed by atoms with van der Waals surface area (Å²) in [6.07, 6.45) is 5.02. The third kappa shape index (κ3) is 5.52. The van der Waals surface area contributed by atoms with Gasteiger partial charge in [0.05, 0.1) is 0 Å². The van der Waals surface area contributed by atoms with E-state index in [4.69, 9.17) is 16.0 Å². The molecule has 2 N–H and O–H groups in total. The van der Waals surface area contributed by atoms with Crippen LogP contribution >= 0.6 is 0 Å². The van der Waals surface area contributed by atoms with Gasteiger partial charge in [-0.15, -0.1) is 6.42 Å². The Bertz CT molecular complexity index is 750. The molecule has 0 spiro atoms. The van der Waals surface area contributed by atoms with E-state index in [0.29, 0.717) is 10.2 Å². The predicted octanol–water partition coefficient (Wildman–Crippen LogP) is 1.14. The molecule has 1 aromatic carbocycles. The van der Waals surface area contributed by atoms with Crippen LogP contribution < -0.4 is 5.32 Å². The van der Waals surface area contributed by atoms with Gasteiger partial charge >= 0.3 is 0 Å². The largest absolute Gasteiger partial charge is 0.368 e. The first-order chi connectivity index (χ1) is 12.1. The number of rotatable bonds is 9. The van der Waals surface area contributed by atoms with Gasteiger partial charge in [0.2, 0.25) is 0 Å². The number of hydrogen-bond donors (Lipinski definition) is 2. The van der Waals surface area contributed by atoms with E-state index in [9.17, 15) is 18.3 Å². The number of nitrogens with one attached hydrogen (secondary N) is 1. The summed E-state index contributed by atoms with van der Waals surface area (Å²) in [6.45, 7) is 6.06. The molecular formula is C17H24N2O6S. The SMILES string of the molecule is C#CCOCON(C(C)C)S(=O)(=O)C(O)C(=O)Nc1c(C)cccc1C. The molecule has 1 rings (SSSR count). The molecule has 0 aliphatic carbocycles. The molecule has 0 heterocycles. The van der Waals surface area contributed by atoms with Gasteiger partial charge < -0.3 is 15.2 Å². The topological polar surface area (TPSA) is 105 Å². The van der Waals surface area contributed by atoms with Gasteiger partial charge in [-0.3, -0.25) is 9.63 Å². The highest BCUT2D eigenvalue weighted by molar-refractivity contribution is 7.90. The molecule has 0 aliphatic heterocycles. The van der Waals surface area contributed by atoms with Gasteiger partial charge in [0.15, 0.2) is 6.79 Å². The summed E-state index contributed by atoms with van der Waals surface area (Å²) in [7, 11) is -4.51. The van der Waals surface area contributed by atoms with Gasteiger partial charge in [0.1, 0.15) is 6.61 Å². The lowest BCUT2D eigenvalue weighted by molar-refractivity contribution is -0.183. The second-order valence-corrected chi connectivity index (χ2v) is 7.64. The number of carbonyl (C=O) groups excluding carboxylic acids is 1. The standard InChI is InChI=1S/C17H24N2O6S/c1-6-10-24-11-25-19(12(2)3)26(22,23)17(21)16(20)18-15-13(4)8-7-9-14(15)5/h1,7-9,12,17,21H,10-11H2,2-5H3,(H,18,20). The number of benzene rings is 1. The molecule has 9 heteroatoms. The van der Waals surface area contributed by atoms with Crippen LogP contribution in [0.15, 0.2) is 18.2 Å². The maximum atomic E-state index is 12.5. The Labute approximate surface area is 154 Å². The van der Waals surface area contributed by atoms with Crippen LogP contribution in [0.5, 0.6) is 0 Å². The van der Waals surface area contributed by atoms with E-state index in [1.54, 1.807) is 32.0 Å². The Morgan fingerprint density at radius 2 is 1.92 bits per heavy atom. The van der Waals surface area contributed by atoms with E-state index >= 15 is 0 Å². The van der Waals surface area contributed by atoms with Crippen molar-refractivity contribution in [1.29, 1.82) is 0 Å². The molecule has 0 aliphatic rings. The molecule has 1 atom stereocenters. The van der Waals surface area contributed by atoms with Crippen molar-refractivity contribution in [3.05, 3.63) is 29.3 Å². The van der Waals surface area contributed by atoms with Crippen LogP contribution in [-0.4, -0.2) is 48.8 Å². The van der Waals surface area contributed by atoms with Gasteiger partial charge in [-0.05, 0) is 38.8 Å². The number of aliphatic hydroxyl groups excluding tert-OH is 1. The smallest absolute Gasteiger partial charge is 0.272 e. The molecule has 1 amide bonds. The van der Waals surface area contributed by atoms with Crippen LogP contribution in [0.3, 0.4) is 0 Å². The number of ether oxygens (including phenoxy) is 1. The van der Waals surface area contributed by atoms with Gasteiger partial charge in [-0.2, -0.15) is 0 Å². The number of aliphatic hydroxyl groups is 1. The van der Waals surface area contributed by atoms with Crippen LogP contribution in [0.1, 0.15) is 25.0 Å². The Balaban J connectivity index is 2.94. The number of nitrogens with zero attached hydrogens (tertiary/aromatic N) is 1. The summed E-state index contributed by atoms with van der Waals surface area (Å²) >= 11 is 0. The number of sulfonamides is 1. The second-order valence-electron chi connectivity index (χ2n) is 5.80. The number of terminal acetylenes is 1. The van der Waals surface area contributed by atoms with Crippen LogP contribution in [0.4, 0.5) is 5.69 Å². The second kappa shape index (κ2) is 9.66. The summed E-state index contributed by atoms with van der Waals surface area (Å²) in [4.78, 5) is 17.3. The van der Waals surface area contributed by atoms with Crippen molar-refractivity contribution in [2.45, 2.75) is 39.2 Å². The molecule has 0 saturated heterocycles. The molecule has 0 aromatic heterocycles. The van der Waals surface area contributed by atoms with E-state index in [1.165, 1.54) is 13.8 Å². The van der Waals surface area contributed by atoms with Gasteiger partial charge in [0.25, 0.3) is 21.4 Å². The number of hydroxylamine groups is 1. The van der Waals surface area contributed by atoms with Crippen molar-refractivity contribution >= 4 is 21.6 Å². The van der Waals surface area contributed by atoms with Gasteiger partial charge in [-0.25, -0.2) is 8.42 Å². The molecule has 8 nitrogen and oxygen atoms in total. The maximum Gasteiger partial charge on any atom is 0.272 e. The van der Waals surface area contributed by atoms with E-state index in [1.807, 2.05) is 0 Å². The minimum atomic E-state index is -4.51. The van der Waals surface area contributed by atoms with Crippen molar-refractivity contribution in [3.8, 4) is 12.3 Å². The molecule has 0 fully saturated rings. The summed E-state index contributed by atoms with van der Waals surface area (Å²) in [6, 6.07) is 4.64. The number of carbonyl (C=O) groups is 1. The van der Waals surface area contributed by atoms with E-state index in [0.717, 1.165) is 11.1 Å².